The lowest BCUT2D eigenvalue weighted by Crippen LogP contribution is -2.11. The molecule has 0 unspecified atom stereocenters. The zero-order valence-electron chi connectivity index (χ0n) is 18.7. The molecule has 4 heteroatoms. The van der Waals surface area contributed by atoms with Gasteiger partial charge in [0.05, 0.1) is 5.71 Å². The van der Waals surface area contributed by atoms with Gasteiger partial charge in [0.2, 0.25) is 0 Å². The molecule has 0 fully saturated rings. The number of allylic oxidation sites excluding steroid dienone is 1. The maximum Gasteiger partial charge on any atom is 0.120 e. The number of rotatable bonds is 5. The molecule has 0 N–H and O–H groups in total. The van der Waals surface area contributed by atoms with Crippen LogP contribution in [-0.4, -0.2) is 12.3 Å². The summed E-state index contributed by atoms with van der Waals surface area (Å²) in [6.07, 6.45) is 4.91. The lowest BCUT2D eigenvalue weighted by atomic mass is 9.87. The lowest BCUT2D eigenvalue weighted by Gasteiger charge is -2.19. The molecule has 1 heterocycles. The molecule has 0 bridgehead atoms. The van der Waals surface area contributed by atoms with Gasteiger partial charge in [-0.2, -0.15) is 0 Å². The van der Waals surface area contributed by atoms with E-state index in [1.807, 2.05) is 30.4 Å². The van der Waals surface area contributed by atoms with Crippen LogP contribution in [0.25, 0.3) is 6.08 Å². The van der Waals surface area contributed by atoms with Crippen molar-refractivity contribution in [3.63, 3.8) is 0 Å². The summed E-state index contributed by atoms with van der Waals surface area (Å²) >= 11 is 12.3. The Hall–Kier alpha value is -2.55. The third-order valence-electron chi connectivity index (χ3n) is 5.62. The SMILES string of the molecule is CC(C)(C)c1ccc(COc2ccc3c(c2)CCN=C3C=Cc2ccc(Cl)cc2Cl)cc1. The van der Waals surface area contributed by atoms with Gasteiger partial charge < -0.3 is 4.74 Å². The van der Waals surface area contributed by atoms with Crippen molar-refractivity contribution in [1.82, 2.24) is 0 Å². The van der Waals surface area contributed by atoms with Crippen LogP contribution in [0.3, 0.4) is 0 Å². The van der Waals surface area contributed by atoms with Crippen molar-refractivity contribution in [3.05, 3.63) is 105 Å². The molecule has 0 aliphatic carbocycles. The van der Waals surface area contributed by atoms with Crippen LogP contribution in [0.4, 0.5) is 0 Å². The molecule has 2 nitrogen and oxygen atoms in total. The summed E-state index contributed by atoms with van der Waals surface area (Å²) in [6.45, 7) is 7.99. The van der Waals surface area contributed by atoms with E-state index < -0.39 is 0 Å². The van der Waals surface area contributed by atoms with Gasteiger partial charge in [-0.25, -0.2) is 0 Å². The summed E-state index contributed by atoms with van der Waals surface area (Å²) < 4.78 is 6.09. The molecule has 0 aromatic heterocycles. The molecule has 0 saturated heterocycles. The number of hydrogen-bond donors (Lipinski definition) is 0. The first-order valence-electron chi connectivity index (χ1n) is 10.8. The van der Waals surface area contributed by atoms with Crippen LogP contribution in [0, 0.1) is 0 Å². The van der Waals surface area contributed by atoms with Gasteiger partial charge in [-0.1, -0.05) is 80.4 Å². The van der Waals surface area contributed by atoms with Crippen LogP contribution in [0.2, 0.25) is 10.0 Å². The summed E-state index contributed by atoms with van der Waals surface area (Å²) in [5, 5.41) is 1.26. The van der Waals surface area contributed by atoms with E-state index in [1.165, 1.54) is 16.7 Å². The first-order valence-corrected chi connectivity index (χ1v) is 11.6. The predicted molar refractivity (Wildman–Crippen MR) is 137 cm³/mol. The number of ether oxygens (including phenoxy) is 1. The van der Waals surface area contributed by atoms with Gasteiger partial charge in [-0.05, 0) is 70.5 Å². The third-order valence-corrected chi connectivity index (χ3v) is 6.19. The highest BCUT2D eigenvalue weighted by molar-refractivity contribution is 6.35. The fraction of sp³-hybridized carbons (Fsp3) is 0.250. The molecule has 3 aromatic carbocycles. The van der Waals surface area contributed by atoms with Crippen molar-refractivity contribution in [2.24, 2.45) is 4.99 Å². The second kappa shape index (κ2) is 9.52. The summed E-state index contributed by atoms with van der Waals surface area (Å²) in [5.41, 5.74) is 6.92. The number of benzene rings is 3. The molecule has 1 aliphatic heterocycles. The van der Waals surface area contributed by atoms with Gasteiger partial charge >= 0.3 is 0 Å². The average Bonchev–Trinajstić information content (AvgIpc) is 2.76. The highest BCUT2D eigenvalue weighted by Gasteiger charge is 2.14. The second-order valence-corrected chi connectivity index (χ2v) is 9.91. The largest absolute Gasteiger partial charge is 0.489 e. The van der Waals surface area contributed by atoms with Crippen molar-refractivity contribution >= 4 is 35.0 Å². The smallest absolute Gasteiger partial charge is 0.120 e. The van der Waals surface area contributed by atoms with Crippen LogP contribution in [0.5, 0.6) is 5.75 Å². The zero-order chi connectivity index (χ0) is 22.7. The van der Waals surface area contributed by atoms with E-state index in [0.717, 1.165) is 35.6 Å². The Balaban J connectivity index is 1.45. The fourth-order valence-electron chi connectivity index (χ4n) is 3.71. The average molecular weight is 464 g/mol. The minimum absolute atomic E-state index is 0.157. The zero-order valence-corrected chi connectivity index (χ0v) is 20.2. The van der Waals surface area contributed by atoms with Crippen molar-refractivity contribution in [3.8, 4) is 5.75 Å². The van der Waals surface area contributed by atoms with Gasteiger partial charge in [0.15, 0.2) is 0 Å². The highest BCUT2D eigenvalue weighted by Crippen LogP contribution is 2.26. The van der Waals surface area contributed by atoms with E-state index >= 15 is 0 Å². The minimum atomic E-state index is 0.157. The topological polar surface area (TPSA) is 21.6 Å². The van der Waals surface area contributed by atoms with Gasteiger partial charge in [0.1, 0.15) is 12.4 Å². The number of fused-ring (bicyclic) bond motifs is 1. The van der Waals surface area contributed by atoms with E-state index in [1.54, 1.807) is 6.07 Å². The Morgan fingerprint density at radius 2 is 1.72 bits per heavy atom. The van der Waals surface area contributed by atoms with Crippen molar-refractivity contribution in [1.29, 1.82) is 0 Å². The molecule has 0 atom stereocenters. The molecule has 1 aliphatic rings. The molecule has 0 spiro atoms. The first-order chi connectivity index (χ1) is 15.3. The maximum absolute atomic E-state index is 6.29. The van der Waals surface area contributed by atoms with Crippen molar-refractivity contribution in [2.45, 2.75) is 39.2 Å². The molecule has 0 saturated carbocycles. The molecule has 32 heavy (non-hydrogen) atoms. The normalized spacial score (nSPS) is 13.7. The van der Waals surface area contributed by atoms with Crippen LogP contribution in [0.15, 0.2) is 71.7 Å². The van der Waals surface area contributed by atoms with Crippen LogP contribution in [0.1, 0.15) is 48.6 Å². The van der Waals surface area contributed by atoms with E-state index in [0.29, 0.717) is 16.7 Å². The minimum Gasteiger partial charge on any atom is -0.489 e. The fourth-order valence-corrected chi connectivity index (χ4v) is 4.19. The van der Waals surface area contributed by atoms with Gasteiger partial charge in [0, 0.05) is 22.2 Å². The Kier molecular flexibility index (Phi) is 6.74. The van der Waals surface area contributed by atoms with Crippen LogP contribution >= 0.6 is 23.2 Å². The van der Waals surface area contributed by atoms with Gasteiger partial charge in [0.25, 0.3) is 0 Å². The standard InChI is InChI=1S/C28H27Cl2NO/c1-28(2,3)22-8-4-19(5-9-22)18-32-24-11-12-25-21(16-24)14-15-31-27(25)13-7-20-6-10-23(29)17-26(20)30/h4-13,16-17H,14-15,18H2,1-3H3. The van der Waals surface area contributed by atoms with Crippen molar-refractivity contribution < 1.29 is 4.74 Å². The molecule has 0 amide bonds. The van der Waals surface area contributed by atoms with Gasteiger partial charge in [-0.3, -0.25) is 4.99 Å². The van der Waals surface area contributed by atoms with E-state index in [-0.39, 0.29) is 5.41 Å². The van der Waals surface area contributed by atoms with E-state index in [2.05, 4.69) is 57.2 Å². The quantitative estimate of drug-likeness (QED) is 0.376. The molecular weight excluding hydrogens is 437 g/mol. The second-order valence-electron chi connectivity index (χ2n) is 9.07. The predicted octanol–water partition coefficient (Wildman–Crippen LogP) is 7.93. The summed E-state index contributed by atoms with van der Waals surface area (Å²) in [7, 11) is 0. The Morgan fingerprint density at radius 3 is 2.44 bits per heavy atom. The summed E-state index contributed by atoms with van der Waals surface area (Å²) in [5.74, 6) is 0.884. The number of aliphatic imine (C=N–C) groups is 1. The van der Waals surface area contributed by atoms with Gasteiger partial charge in [-0.15, -0.1) is 0 Å². The number of nitrogens with zero attached hydrogens (tertiary/aromatic N) is 1. The third kappa shape index (κ3) is 5.43. The van der Waals surface area contributed by atoms with Crippen molar-refractivity contribution in [2.75, 3.05) is 6.54 Å². The van der Waals surface area contributed by atoms with E-state index in [9.17, 15) is 0 Å². The molecule has 4 rings (SSSR count). The van der Waals surface area contributed by atoms with E-state index in [4.69, 9.17) is 32.9 Å². The molecule has 164 valence electrons. The maximum atomic E-state index is 6.29. The Morgan fingerprint density at radius 1 is 0.938 bits per heavy atom. The summed E-state index contributed by atoms with van der Waals surface area (Å²) in [6, 6.07) is 20.4. The Bertz CT molecular complexity index is 1170. The number of halogens is 2. The first kappa shape index (κ1) is 22.6. The summed E-state index contributed by atoms with van der Waals surface area (Å²) in [4.78, 5) is 4.70. The monoisotopic (exact) mass is 463 g/mol. The van der Waals surface area contributed by atoms with Crippen LogP contribution in [-0.2, 0) is 18.4 Å². The molecule has 3 aromatic rings. The lowest BCUT2D eigenvalue weighted by molar-refractivity contribution is 0.306. The highest BCUT2D eigenvalue weighted by atomic mass is 35.5. The molecular formula is C28H27Cl2NO. The number of hydrogen-bond acceptors (Lipinski definition) is 2. The molecule has 0 radical (unpaired) electrons. The Labute approximate surface area is 200 Å². The van der Waals surface area contributed by atoms with Crippen LogP contribution < -0.4 is 4.74 Å².